The Kier molecular flexibility index (Phi) is 4.90. The van der Waals surface area contributed by atoms with Crippen LogP contribution in [0.15, 0.2) is 70.1 Å². The molecule has 2 atom stereocenters. The van der Waals surface area contributed by atoms with Crippen molar-refractivity contribution in [3.8, 4) is 62.9 Å². The summed E-state index contributed by atoms with van der Waals surface area (Å²) in [5.41, 5.74) is -3.88. The Morgan fingerprint density at radius 1 is 0.619 bits per heavy atom. The fourth-order valence-electron chi connectivity index (χ4n) is 5.73. The zero-order valence-electron chi connectivity index (χ0n) is 21.0. The van der Waals surface area contributed by atoms with Crippen LogP contribution >= 0.6 is 0 Å². The van der Waals surface area contributed by atoms with E-state index in [-0.39, 0.29) is 61.8 Å². The molecule has 42 heavy (non-hydrogen) atoms. The summed E-state index contributed by atoms with van der Waals surface area (Å²) in [6.07, 6.45) is -0.562. The highest BCUT2D eigenvalue weighted by molar-refractivity contribution is 6.13. The first-order valence-electron chi connectivity index (χ1n) is 12.3. The second-order valence-electron chi connectivity index (χ2n) is 9.93. The number of aromatic hydroxyl groups is 7. The average Bonchev–Trinajstić information content (AvgIpc) is 3.22. The first-order valence-corrected chi connectivity index (χ1v) is 12.3. The van der Waals surface area contributed by atoms with Gasteiger partial charge in [-0.25, -0.2) is 0 Å². The van der Waals surface area contributed by atoms with Crippen LogP contribution in [0.3, 0.4) is 0 Å². The van der Waals surface area contributed by atoms with Crippen LogP contribution in [0.4, 0.5) is 0 Å². The van der Waals surface area contributed by atoms with Crippen LogP contribution in [-0.2, 0) is 5.41 Å². The minimum absolute atomic E-state index is 0.00819. The molecule has 0 saturated heterocycles. The van der Waals surface area contributed by atoms with Gasteiger partial charge in [-0.3, -0.25) is 9.59 Å². The maximum absolute atomic E-state index is 14.4. The highest BCUT2D eigenvalue weighted by atomic mass is 16.7. The first kappa shape index (κ1) is 25.0. The number of hydrogen-bond acceptors (Lipinski definition) is 12. The Balaban J connectivity index is 1.54. The van der Waals surface area contributed by atoms with E-state index in [0.29, 0.717) is 0 Å². The molecular formula is C30H18O12. The summed E-state index contributed by atoms with van der Waals surface area (Å²) >= 11 is 0. The molecule has 0 aliphatic carbocycles. The molecule has 2 aliphatic rings. The predicted octanol–water partition coefficient (Wildman–Crippen LogP) is 3.68. The van der Waals surface area contributed by atoms with Gasteiger partial charge in [0.25, 0.3) is 6.29 Å². The molecular weight excluding hydrogens is 552 g/mol. The molecule has 0 bridgehead atoms. The predicted molar refractivity (Wildman–Crippen MR) is 143 cm³/mol. The number of hydrogen-bond donors (Lipinski definition) is 7. The Morgan fingerprint density at radius 3 is 2.10 bits per heavy atom. The van der Waals surface area contributed by atoms with E-state index in [1.54, 1.807) is 0 Å². The van der Waals surface area contributed by atoms with E-state index in [0.717, 1.165) is 42.7 Å². The number of carbonyl (C=O) groups excluding carboxylic acids is 1. The maximum atomic E-state index is 14.4. The Morgan fingerprint density at radius 2 is 1.31 bits per heavy atom. The van der Waals surface area contributed by atoms with Gasteiger partial charge in [-0.05, 0) is 18.2 Å². The van der Waals surface area contributed by atoms with E-state index in [1.165, 1.54) is 18.2 Å². The van der Waals surface area contributed by atoms with Crippen molar-refractivity contribution in [2.45, 2.75) is 11.7 Å². The summed E-state index contributed by atoms with van der Waals surface area (Å²) in [6, 6.07) is 10.0. The minimum Gasteiger partial charge on any atom is -0.508 e. The van der Waals surface area contributed by atoms with E-state index in [9.17, 15) is 45.3 Å². The van der Waals surface area contributed by atoms with Crippen molar-refractivity contribution >= 4 is 16.8 Å². The number of Topliss-reactive ketones (excluding diaryl/α,β-unsaturated/α-hetero) is 1. The second-order valence-corrected chi connectivity index (χ2v) is 9.93. The van der Waals surface area contributed by atoms with Crippen LogP contribution in [-0.4, -0.2) is 47.8 Å². The van der Waals surface area contributed by atoms with E-state index >= 15 is 0 Å². The van der Waals surface area contributed by atoms with Gasteiger partial charge in [0.2, 0.25) is 5.43 Å². The number of phenolic OH excluding ortho intramolecular Hbond substituents is 7. The van der Waals surface area contributed by atoms with Gasteiger partial charge in [0.05, 0.1) is 5.56 Å². The maximum Gasteiger partial charge on any atom is 0.262 e. The Bertz CT molecular complexity index is 2080. The molecule has 4 aromatic carbocycles. The summed E-state index contributed by atoms with van der Waals surface area (Å²) in [4.78, 5) is 27.9. The molecule has 7 N–H and O–H groups in total. The van der Waals surface area contributed by atoms with E-state index in [1.807, 2.05) is 0 Å². The lowest BCUT2D eigenvalue weighted by molar-refractivity contribution is -0.0237. The number of carbonyl (C=O) groups is 1. The smallest absolute Gasteiger partial charge is 0.262 e. The quantitative estimate of drug-likeness (QED) is 0.162. The summed E-state index contributed by atoms with van der Waals surface area (Å²) in [5, 5.41) is 72.6. The largest absolute Gasteiger partial charge is 0.508 e. The van der Waals surface area contributed by atoms with Gasteiger partial charge in [-0.1, -0.05) is 0 Å². The molecule has 0 radical (unpaired) electrons. The molecule has 0 saturated carbocycles. The highest BCUT2D eigenvalue weighted by Gasteiger charge is 2.62. The molecule has 5 aromatic rings. The summed E-state index contributed by atoms with van der Waals surface area (Å²) in [6.45, 7) is 0. The third kappa shape index (κ3) is 3.17. The first-order chi connectivity index (χ1) is 20.0. The molecule has 0 spiro atoms. The minimum atomic E-state index is -2.05. The van der Waals surface area contributed by atoms with Crippen molar-refractivity contribution < 1.29 is 54.4 Å². The summed E-state index contributed by atoms with van der Waals surface area (Å²) in [7, 11) is 0. The van der Waals surface area contributed by atoms with Crippen LogP contribution < -0.4 is 14.9 Å². The molecule has 7 rings (SSSR count). The van der Waals surface area contributed by atoms with Crippen molar-refractivity contribution in [1.82, 2.24) is 0 Å². The van der Waals surface area contributed by atoms with Crippen LogP contribution in [0.25, 0.3) is 22.1 Å². The molecule has 3 heterocycles. The lowest BCUT2D eigenvalue weighted by Crippen LogP contribution is -2.52. The lowest BCUT2D eigenvalue weighted by atomic mass is 9.67. The van der Waals surface area contributed by atoms with Crippen molar-refractivity contribution in [3.63, 3.8) is 0 Å². The number of fused-ring (bicyclic) bond motifs is 5. The molecule has 0 amide bonds. The van der Waals surface area contributed by atoms with Crippen LogP contribution in [0, 0.1) is 0 Å². The fraction of sp³-hybridized carbons (Fsp3) is 0.0667. The Labute approximate surface area is 233 Å². The van der Waals surface area contributed by atoms with Gasteiger partial charge < -0.3 is 49.6 Å². The monoisotopic (exact) mass is 570 g/mol. The van der Waals surface area contributed by atoms with Crippen LogP contribution in [0.2, 0.25) is 0 Å². The number of ether oxygens (including phenoxy) is 2. The van der Waals surface area contributed by atoms with Gasteiger partial charge >= 0.3 is 0 Å². The molecule has 1 aromatic heterocycles. The topological polar surface area (TPSA) is 207 Å². The molecule has 0 unspecified atom stereocenters. The fourth-order valence-corrected chi connectivity index (χ4v) is 5.73. The molecule has 210 valence electrons. The van der Waals surface area contributed by atoms with Crippen LogP contribution in [0.5, 0.6) is 51.7 Å². The second kappa shape index (κ2) is 8.24. The summed E-state index contributed by atoms with van der Waals surface area (Å²) < 4.78 is 17.3. The SMILES string of the molecule is O=C1c2c(O)cc(O)cc2O[C@H]2Oc3cc(O)ccc3[C@]12c1cc(-c2coc3cc(O)cc(O)c3c2=O)c(O)cc1O. The van der Waals surface area contributed by atoms with Crippen molar-refractivity contribution in [2.24, 2.45) is 0 Å². The number of benzene rings is 4. The van der Waals surface area contributed by atoms with Gasteiger partial charge in [0.15, 0.2) is 11.2 Å². The lowest BCUT2D eigenvalue weighted by Gasteiger charge is -2.38. The van der Waals surface area contributed by atoms with Gasteiger partial charge in [0, 0.05) is 53.1 Å². The normalized spacial score (nSPS) is 18.6. The van der Waals surface area contributed by atoms with Crippen molar-refractivity contribution in [1.29, 1.82) is 0 Å². The summed E-state index contributed by atoms with van der Waals surface area (Å²) in [5.74, 6) is -4.36. The molecule has 2 aliphatic heterocycles. The van der Waals surface area contributed by atoms with E-state index in [2.05, 4.69) is 0 Å². The Hall–Kier alpha value is -6.04. The zero-order valence-corrected chi connectivity index (χ0v) is 21.0. The zero-order chi connectivity index (χ0) is 29.7. The van der Waals surface area contributed by atoms with Gasteiger partial charge in [-0.2, -0.15) is 0 Å². The standard InChI is InChI=1S/C30H18O12/c31-11-1-2-16-22(5-11)41-29-30(16,28(39)26-21(37)4-13(33)7-24(26)42-29)17-8-14(18(34)9-19(17)35)15-10-40-23-6-12(32)3-20(36)25(23)27(15)38/h1-10,29,31-37H/t29-,30+/m1/s1. The third-order valence-electron chi connectivity index (χ3n) is 7.53. The third-order valence-corrected chi connectivity index (χ3v) is 7.53. The highest BCUT2D eigenvalue weighted by Crippen LogP contribution is 2.58. The molecule has 0 fully saturated rings. The van der Waals surface area contributed by atoms with E-state index in [4.69, 9.17) is 13.9 Å². The molecule has 12 nitrogen and oxygen atoms in total. The van der Waals surface area contributed by atoms with Crippen LogP contribution in [0.1, 0.15) is 21.5 Å². The number of ketones is 1. The van der Waals surface area contributed by atoms with E-state index < -0.39 is 51.7 Å². The van der Waals surface area contributed by atoms with Crippen molar-refractivity contribution in [3.05, 3.63) is 87.8 Å². The number of phenols is 7. The average molecular weight is 570 g/mol. The van der Waals surface area contributed by atoms with Crippen molar-refractivity contribution in [2.75, 3.05) is 0 Å². The van der Waals surface area contributed by atoms with Gasteiger partial charge in [-0.15, -0.1) is 0 Å². The number of rotatable bonds is 2. The molecule has 12 heteroatoms. The van der Waals surface area contributed by atoms with Gasteiger partial charge in [0.1, 0.15) is 74.5 Å².